The number of rotatable bonds is 8. The van der Waals surface area contributed by atoms with E-state index in [-0.39, 0.29) is 97.7 Å². The zero-order valence-corrected chi connectivity index (χ0v) is 37.6. The molecule has 0 aliphatic heterocycles. The van der Waals surface area contributed by atoms with Gasteiger partial charge < -0.3 is 15.3 Å². The van der Waals surface area contributed by atoms with Gasteiger partial charge in [-0.2, -0.15) is 62.9 Å². The molecule has 374 valence electrons. The number of benzene rings is 4. The molecule has 0 spiro atoms. The van der Waals surface area contributed by atoms with Gasteiger partial charge in [0.25, 0.3) is 0 Å². The molecule has 0 aliphatic rings. The number of esters is 1. The van der Waals surface area contributed by atoms with Crippen LogP contribution in [0, 0.1) is 27.7 Å². The third-order valence-electron chi connectivity index (χ3n) is 10.2. The number of carbonyl (C=O) groups is 2. The van der Waals surface area contributed by atoms with Crippen molar-refractivity contribution in [3.05, 3.63) is 140 Å². The van der Waals surface area contributed by atoms with Gasteiger partial charge in [-0.1, -0.05) is 54.9 Å². The summed E-state index contributed by atoms with van der Waals surface area (Å²) in [5.74, 6) is -1.97. The number of aryl methyl sites for hydroxylation is 4. The van der Waals surface area contributed by atoms with Gasteiger partial charge in [0.1, 0.15) is 0 Å². The van der Waals surface area contributed by atoms with E-state index in [1.54, 1.807) is 6.07 Å². The standard InChI is InChI=1S/C22H16ClF7N2O2.C21H14ClF7N2O2.CH4.Li.H2O/c1-11-8-13(20(24,21(25,26)27)22(28,29)30)9-12(2)18(11)17-6-7-32(31-17)14-4-5-16(23)15(10-14)19(33)34-3;1-10-7-12(19(23,20(24,25)26)21(27,28)29)8-11(2)17(10)16-5-6-31(30-16)13-3-4-15(22)14(9-13)18(32)33;;;/h4-10H,1-3H3;3-9H,1-2H3,(H,32,33);1H4;;1H2/q;;;+1;/p-1. The van der Waals surface area contributed by atoms with E-state index < -0.39 is 59.1 Å². The fourth-order valence-electron chi connectivity index (χ4n) is 7.05. The number of methoxy groups -OCH3 is 1. The van der Waals surface area contributed by atoms with E-state index in [0.717, 1.165) is 0 Å². The van der Waals surface area contributed by atoms with Crippen LogP contribution in [0.1, 0.15) is 61.5 Å². The molecule has 6 aromatic rings. The first kappa shape index (κ1) is 60.5. The van der Waals surface area contributed by atoms with Gasteiger partial charge in [0.05, 0.1) is 51.0 Å². The van der Waals surface area contributed by atoms with E-state index in [1.807, 2.05) is 0 Å². The van der Waals surface area contributed by atoms with E-state index in [1.165, 1.54) is 99.0 Å². The number of halogens is 16. The van der Waals surface area contributed by atoms with Crippen molar-refractivity contribution >= 4 is 35.1 Å². The van der Waals surface area contributed by atoms with E-state index in [9.17, 15) is 76.2 Å². The molecule has 2 heterocycles. The predicted octanol–water partition coefficient (Wildman–Crippen LogP) is 11.1. The Morgan fingerprint density at radius 2 is 0.843 bits per heavy atom. The van der Waals surface area contributed by atoms with E-state index >= 15 is 0 Å². The number of alkyl halides is 14. The number of hydrogen-bond donors (Lipinski definition) is 1. The number of hydrogen-bond acceptors (Lipinski definition) is 6. The summed E-state index contributed by atoms with van der Waals surface area (Å²) in [4.78, 5) is 23.1. The molecule has 0 saturated carbocycles. The molecule has 0 unspecified atom stereocenters. The number of aromatic carboxylic acids is 1. The van der Waals surface area contributed by atoms with E-state index in [4.69, 9.17) is 23.2 Å². The van der Waals surface area contributed by atoms with Gasteiger partial charge in [0.15, 0.2) is 0 Å². The van der Waals surface area contributed by atoms with E-state index in [2.05, 4.69) is 14.9 Å². The summed E-state index contributed by atoms with van der Waals surface area (Å²) >= 11 is 11.8. The first-order valence-corrected chi connectivity index (χ1v) is 19.4. The van der Waals surface area contributed by atoms with Crippen molar-refractivity contribution in [3.8, 4) is 33.9 Å². The SMILES string of the molecule is C.COC(=O)c1cc(-n2ccc(-c3c(C)cc(C(F)(C(F)(F)F)C(F)(F)F)cc3C)n2)ccc1Cl.Cc1cc(C(F)(C(F)(F)F)C(F)(F)F)cc(C)c1-c1ccn(-c2ccc(Cl)c(C(=O)O)c2)n1.[Li+].[OH-]. The second-order valence-corrected chi connectivity index (χ2v) is 15.5. The molecule has 0 atom stereocenters. The Hall–Kier alpha value is -5.60. The van der Waals surface area contributed by atoms with Crippen LogP contribution >= 0.6 is 23.2 Å². The second kappa shape index (κ2) is 21.4. The van der Waals surface area contributed by atoms with Gasteiger partial charge in [-0.25, -0.2) is 27.7 Å². The summed E-state index contributed by atoms with van der Waals surface area (Å²) in [6.45, 7) is 5.00. The topological polar surface area (TPSA) is 129 Å². The first-order chi connectivity index (χ1) is 30.7. The third-order valence-corrected chi connectivity index (χ3v) is 10.8. The van der Waals surface area contributed by atoms with Gasteiger partial charge >= 0.3 is 66.8 Å². The largest absolute Gasteiger partial charge is 1.00 e. The molecule has 0 aliphatic carbocycles. The minimum Gasteiger partial charge on any atom is -0.870 e. The summed E-state index contributed by atoms with van der Waals surface area (Å²) in [5, 5.41) is 17.9. The minimum atomic E-state index is -6.22. The molecule has 70 heavy (non-hydrogen) atoms. The Kier molecular flexibility index (Phi) is 18.5. The number of carboxylic acids is 1. The molecule has 9 nitrogen and oxygen atoms in total. The van der Waals surface area contributed by atoms with Gasteiger partial charge in [-0.05, 0) is 98.5 Å². The molecule has 2 N–H and O–H groups in total. The van der Waals surface area contributed by atoms with Gasteiger partial charge in [-0.15, -0.1) is 0 Å². The summed E-state index contributed by atoms with van der Waals surface area (Å²) in [7, 11) is 1.18. The van der Waals surface area contributed by atoms with Gasteiger partial charge in [-0.3, -0.25) is 0 Å². The van der Waals surface area contributed by atoms with Crippen LogP contribution < -0.4 is 18.9 Å². The fraction of sp³-hybridized carbons (Fsp3) is 0.273. The number of aromatic nitrogens is 4. The van der Waals surface area contributed by atoms with Crippen molar-refractivity contribution in [2.24, 2.45) is 0 Å². The Balaban J connectivity index is 0.000000461. The van der Waals surface area contributed by atoms with Crippen LogP contribution in [0.3, 0.4) is 0 Å². The molecule has 4 aromatic carbocycles. The van der Waals surface area contributed by atoms with Gasteiger partial charge in [0, 0.05) is 34.6 Å². The van der Waals surface area contributed by atoms with Crippen LogP contribution in [0.4, 0.5) is 61.5 Å². The Morgan fingerprint density at radius 3 is 1.13 bits per heavy atom. The number of ether oxygens (including phenoxy) is 1. The number of carbonyl (C=O) groups excluding carboxylic acids is 1. The van der Waals surface area contributed by atoms with Crippen molar-refractivity contribution in [2.45, 2.75) is 71.2 Å². The molecule has 0 saturated heterocycles. The van der Waals surface area contributed by atoms with Crippen LogP contribution in [-0.4, -0.2) is 73.9 Å². The summed E-state index contributed by atoms with van der Waals surface area (Å²) in [6, 6.07) is 13.3. The van der Waals surface area contributed by atoms with Gasteiger partial charge in [0.2, 0.25) is 0 Å². The maximum absolute atomic E-state index is 14.5. The average molecular weight is 1040 g/mol. The normalized spacial score (nSPS) is 12.2. The molecule has 2 aromatic heterocycles. The fourth-order valence-corrected chi connectivity index (χ4v) is 7.45. The summed E-state index contributed by atoms with van der Waals surface area (Å²) in [5.41, 5.74) is -13.0. The second-order valence-electron chi connectivity index (χ2n) is 14.7. The van der Waals surface area contributed by atoms with Crippen LogP contribution in [0.5, 0.6) is 0 Å². The Morgan fingerprint density at radius 1 is 0.543 bits per heavy atom. The van der Waals surface area contributed by atoms with Crippen LogP contribution in [0.15, 0.2) is 85.2 Å². The molecule has 6 rings (SSSR count). The summed E-state index contributed by atoms with van der Waals surface area (Å²) in [6.07, 6.45) is -22.0. The monoisotopic (exact) mass is 1040 g/mol. The molecular formula is C44H35Cl2F14LiN4O5. The number of nitrogens with zero attached hydrogens (tertiary/aromatic N) is 4. The average Bonchev–Trinajstić information content (AvgIpc) is 3.89. The zero-order valence-electron chi connectivity index (χ0n) is 36.0. The molecule has 26 heteroatoms. The quantitative estimate of drug-likeness (QED) is 0.0913. The molecular weight excluding hydrogens is 1010 g/mol. The number of carboxylic acid groups (broad SMARTS) is 1. The zero-order chi connectivity index (χ0) is 50.6. The van der Waals surface area contributed by atoms with Crippen molar-refractivity contribution in [3.63, 3.8) is 0 Å². The maximum atomic E-state index is 14.5. The Bertz CT molecular complexity index is 2800. The smallest absolute Gasteiger partial charge is 0.870 e. The van der Waals surface area contributed by atoms with Crippen molar-refractivity contribution in [1.29, 1.82) is 0 Å². The maximum Gasteiger partial charge on any atom is 1.00 e. The van der Waals surface area contributed by atoms with Crippen LogP contribution in [-0.2, 0) is 16.1 Å². The molecule has 0 radical (unpaired) electrons. The van der Waals surface area contributed by atoms with E-state index in [0.29, 0.717) is 35.6 Å². The molecule has 0 bridgehead atoms. The molecule has 0 fully saturated rings. The third kappa shape index (κ3) is 11.3. The van der Waals surface area contributed by atoms with Crippen molar-refractivity contribution < 1.29 is 105 Å². The Labute approximate surface area is 410 Å². The van der Waals surface area contributed by atoms with Crippen molar-refractivity contribution in [1.82, 2.24) is 19.6 Å². The van der Waals surface area contributed by atoms with Crippen LogP contribution in [0.2, 0.25) is 10.0 Å². The molecule has 0 amide bonds. The predicted molar refractivity (Wildman–Crippen MR) is 224 cm³/mol. The first-order valence-electron chi connectivity index (χ1n) is 18.6. The summed E-state index contributed by atoms with van der Waals surface area (Å²) < 4.78 is 194. The van der Waals surface area contributed by atoms with Crippen LogP contribution in [0.25, 0.3) is 33.9 Å². The van der Waals surface area contributed by atoms with Crippen molar-refractivity contribution in [2.75, 3.05) is 7.11 Å². The minimum absolute atomic E-state index is 0.